The highest BCUT2D eigenvalue weighted by molar-refractivity contribution is 9.10. The molecule has 30 heavy (non-hydrogen) atoms. The van der Waals surface area contributed by atoms with Crippen LogP contribution in [0.15, 0.2) is 41.1 Å². The summed E-state index contributed by atoms with van der Waals surface area (Å²) in [5, 5.41) is 9.59. The molecule has 0 fully saturated rings. The van der Waals surface area contributed by atoms with E-state index >= 15 is 0 Å². The highest BCUT2D eigenvalue weighted by atomic mass is 79.9. The summed E-state index contributed by atoms with van der Waals surface area (Å²) in [5.74, 6) is 0.338. The predicted molar refractivity (Wildman–Crippen MR) is 120 cm³/mol. The number of halogens is 1. The van der Waals surface area contributed by atoms with Gasteiger partial charge in [0, 0.05) is 31.6 Å². The minimum Gasteiger partial charge on any atom is -0.383 e. The summed E-state index contributed by atoms with van der Waals surface area (Å²) >= 11 is 3.43. The van der Waals surface area contributed by atoms with Crippen LogP contribution in [-0.4, -0.2) is 44.3 Å². The molecule has 0 saturated carbocycles. The maximum absolute atomic E-state index is 13.4. The molecule has 0 unspecified atom stereocenters. The summed E-state index contributed by atoms with van der Waals surface area (Å²) in [5.41, 5.74) is 10.2. The van der Waals surface area contributed by atoms with Gasteiger partial charge in [0.05, 0.1) is 34.0 Å². The number of pyridine rings is 2. The van der Waals surface area contributed by atoms with Crippen LogP contribution in [0.5, 0.6) is 0 Å². The number of rotatable bonds is 2. The minimum atomic E-state index is -0.0974. The van der Waals surface area contributed by atoms with E-state index in [1.165, 1.54) is 0 Å². The smallest absolute Gasteiger partial charge is 0.272 e. The Bertz CT molecular complexity index is 1320. The number of benzene rings is 1. The van der Waals surface area contributed by atoms with Crippen LogP contribution in [0.3, 0.4) is 0 Å². The van der Waals surface area contributed by atoms with Gasteiger partial charge in [-0.3, -0.25) is 19.5 Å². The average molecular weight is 466 g/mol. The second-order valence-electron chi connectivity index (χ2n) is 7.41. The maximum Gasteiger partial charge on any atom is 0.272 e. The predicted octanol–water partition coefficient (Wildman–Crippen LogP) is 3.30. The molecule has 3 aromatic heterocycles. The van der Waals surface area contributed by atoms with Gasteiger partial charge in [0.15, 0.2) is 0 Å². The van der Waals surface area contributed by atoms with Crippen molar-refractivity contribution < 1.29 is 4.79 Å². The van der Waals surface area contributed by atoms with Gasteiger partial charge in [-0.1, -0.05) is 0 Å². The molecule has 1 amide bonds. The fourth-order valence-corrected chi connectivity index (χ4v) is 4.45. The van der Waals surface area contributed by atoms with Gasteiger partial charge in [0.1, 0.15) is 10.4 Å². The maximum atomic E-state index is 13.4. The van der Waals surface area contributed by atoms with E-state index in [4.69, 9.17) is 5.73 Å². The van der Waals surface area contributed by atoms with Gasteiger partial charge in [-0.05, 0) is 59.1 Å². The third kappa shape index (κ3) is 2.88. The first kappa shape index (κ1) is 18.8. The van der Waals surface area contributed by atoms with E-state index in [0.717, 1.165) is 57.2 Å². The molecule has 152 valence electrons. The molecule has 0 spiro atoms. The molecule has 9 heteroatoms. The zero-order chi connectivity index (χ0) is 21.0. The van der Waals surface area contributed by atoms with E-state index in [0.29, 0.717) is 11.4 Å². The number of anilines is 2. The van der Waals surface area contributed by atoms with Gasteiger partial charge in [-0.15, -0.1) is 0 Å². The lowest BCUT2D eigenvalue weighted by Crippen LogP contribution is -2.46. The van der Waals surface area contributed by atoms with Crippen molar-refractivity contribution in [3.05, 3.63) is 52.4 Å². The van der Waals surface area contributed by atoms with Crippen LogP contribution >= 0.6 is 15.9 Å². The van der Waals surface area contributed by atoms with Gasteiger partial charge < -0.3 is 5.73 Å². The van der Waals surface area contributed by atoms with Crippen molar-refractivity contribution >= 4 is 55.1 Å². The first-order chi connectivity index (χ1) is 14.4. The van der Waals surface area contributed by atoms with Crippen LogP contribution in [-0.2, 0) is 13.5 Å². The molecule has 0 aliphatic carbocycles. The van der Waals surface area contributed by atoms with Gasteiger partial charge in [0.2, 0.25) is 0 Å². The highest BCUT2D eigenvalue weighted by Crippen LogP contribution is 2.31. The summed E-state index contributed by atoms with van der Waals surface area (Å²) in [4.78, 5) is 22.4. The van der Waals surface area contributed by atoms with E-state index in [-0.39, 0.29) is 5.91 Å². The van der Waals surface area contributed by atoms with Crippen molar-refractivity contribution in [1.29, 1.82) is 0 Å². The van der Waals surface area contributed by atoms with Crippen molar-refractivity contribution in [2.45, 2.75) is 12.8 Å². The zero-order valence-electron chi connectivity index (χ0n) is 16.6. The number of carbonyl (C=O) groups is 1. The largest absolute Gasteiger partial charge is 0.383 e. The van der Waals surface area contributed by atoms with Crippen LogP contribution < -0.4 is 10.7 Å². The van der Waals surface area contributed by atoms with Gasteiger partial charge in [0.25, 0.3) is 5.91 Å². The van der Waals surface area contributed by atoms with E-state index in [9.17, 15) is 4.79 Å². The van der Waals surface area contributed by atoms with Gasteiger partial charge in [-0.2, -0.15) is 5.10 Å². The van der Waals surface area contributed by atoms with Crippen molar-refractivity contribution in [2.75, 3.05) is 24.3 Å². The number of nitrogen functional groups attached to an aromatic ring is 1. The van der Waals surface area contributed by atoms with Crippen molar-refractivity contribution in [1.82, 2.24) is 24.8 Å². The Morgan fingerprint density at radius 1 is 1.20 bits per heavy atom. The van der Waals surface area contributed by atoms with Gasteiger partial charge in [-0.25, -0.2) is 9.97 Å². The molecule has 1 aliphatic heterocycles. The van der Waals surface area contributed by atoms with Crippen LogP contribution in [0, 0.1) is 0 Å². The molecule has 1 aromatic carbocycles. The van der Waals surface area contributed by atoms with Crippen molar-refractivity contribution in [2.24, 2.45) is 7.05 Å². The van der Waals surface area contributed by atoms with Crippen LogP contribution in [0.1, 0.15) is 22.5 Å². The normalized spacial score (nSPS) is 13.6. The number of hydrazine groups is 1. The Balaban J connectivity index is 1.56. The standard InChI is InChI=1S/C21H20BrN7O/c1-27-19-13-10-12(5-6-15(13)26-20(23)14(19)11-24-27)21(30)28(2)29-9-3-4-16-17(29)7-8-18(22)25-16/h5-8,10-11H,3-4,9H2,1-2H3,(H2,23,26). The molecule has 4 heterocycles. The van der Waals surface area contributed by atoms with Gasteiger partial charge >= 0.3 is 0 Å². The molecule has 0 atom stereocenters. The lowest BCUT2D eigenvalue weighted by molar-refractivity contribution is 0.0774. The Morgan fingerprint density at radius 2 is 2.03 bits per heavy atom. The first-order valence-corrected chi connectivity index (χ1v) is 10.4. The Labute approximate surface area is 181 Å². The SMILES string of the molecule is CN(C(=O)c1ccc2nc(N)c3cnn(C)c3c2c1)N1CCCc2nc(Br)ccc21. The average Bonchev–Trinajstić information content (AvgIpc) is 3.14. The van der Waals surface area contributed by atoms with Crippen LogP contribution in [0.25, 0.3) is 21.8 Å². The second kappa shape index (κ2) is 6.94. The Kier molecular flexibility index (Phi) is 4.35. The summed E-state index contributed by atoms with van der Waals surface area (Å²) in [7, 11) is 3.65. The third-order valence-electron chi connectivity index (χ3n) is 5.59. The lowest BCUT2D eigenvalue weighted by atomic mass is 10.1. The third-order valence-corrected chi connectivity index (χ3v) is 6.03. The van der Waals surface area contributed by atoms with Crippen LogP contribution in [0.2, 0.25) is 0 Å². The van der Waals surface area contributed by atoms with E-state index < -0.39 is 0 Å². The van der Waals surface area contributed by atoms with E-state index in [2.05, 4.69) is 31.0 Å². The van der Waals surface area contributed by atoms with Crippen LogP contribution in [0.4, 0.5) is 11.5 Å². The topological polar surface area (TPSA) is 93.2 Å². The monoisotopic (exact) mass is 465 g/mol. The summed E-state index contributed by atoms with van der Waals surface area (Å²) in [6.45, 7) is 0.760. The number of nitrogens with zero attached hydrogens (tertiary/aromatic N) is 6. The summed E-state index contributed by atoms with van der Waals surface area (Å²) in [6.07, 6.45) is 3.53. The molecular formula is C21H20BrN7O. The number of aromatic nitrogens is 4. The fourth-order valence-electron chi connectivity index (χ4n) is 4.10. The quantitative estimate of drug-likeness (QED) is 0.456. The molecule has 4 aromatic rings. The first-order valence-electron chi connectivity index (χ1n) is 9.66. The number of carbonyl (C=O) groups excluding carboxylic acids is 1. The van der Waals surface area contributed by atoms with Crippen molar-refractivity contribution in [3.8, 4) is 0 Å². The molecule has 0 radical (unpaired) electrons. The lowest BCUT2D eigenvalue weighted by Gasteiger charge is -2.37. The fraction of sp³-hybridized carbons (Fsp3) is 0.238. The number of amides is 1. The molecule has 1 aliphatic rings. The Morgan fingerprint density at radius 3 is 2.87 bits per heavy atom. The summed E-state index contributed by atoms with van der Waals surface area (Å²) in [6, 6.07) is 9.40. The summed E-state index contributed by atoms with van der Waals surface area (Å²) < 4.78 is 2.57. The number of nitrogens with two attached hydrogens (primary N) is 1. The molecule has 0 bridgehead atoms. The van der Waals surface area contributed by atoms with E-state index in [1.54, 1.807) is 29.0 Å². The molecule has 0 saturated heterocycles. The number of fused-ring (bicyclic) bond motifs is 4. The minimum absolute atomic E-state index is 0.0974. The number of hydrogen-bond acceptors (Lipinski definition) is 6. The molecule has 5 rings (SSSR count). The molecule has 8 nitrogen and oxygen atoms in total. The number of aryl methyl sites for hydroxylation is 2. The van der Waals surface area contributed by atoms with E-state index in [1.807, 2.05) is 36.3 Å². The molecular weight excluding hydrogens is 446 g/mol. The zero-order valence-corrected chi connectivity index (χ0v) is 18.2. The Hall–Kier alpha value is -3.20. The van der Waals surface area contributed by atoms with Crippen molar-refractivity contribution in [3.63, 3.8) is 0 Å². The number of hydrogen-bond donors (Lipinski definition) is 1. The second-order valence-corrected chi connectivity index (χ2v) is 8.23. The molecule has 2 N–H and O–H groups in total. The highest BCUT2D eigenvalue weighted by Gasteiger charge is 2.26.